The fourth-order valence-corrected chi connectivity index (χ4v) is 1.65. The molecule has 0 saturated carbocycles. The molecule has 2 heterocycles. The number of aromatic nitrogens is 5. The van der Waals surface area contributed by atoms with Crippen LogP contribution >= 0.6 is 0 Å². The summed E-state index contributed by atoms with van der Waals surface area (Å²) in [6.07, 6.45) is 2.51. The molecule has 8 nitrogen and oxygen atoms in total. The molecular formula is C12H17N7O. The van der Waals surface area contributed by atoms with Gasteiger partial charge in [-0.05, 0) is 24.6 Å². The van der Waals surface area contributed by atoms with Crippen LogP contribution in [-0.4, -0.2) is 37.6 Å². The molecule has 0 fully saturated rings. The third-order valence-corrected chi connectivity index (χ3v) is 2.58. The van der Waals surface area contributed by atoms with Gasteiger partial charge >= 0.3 is 0 Å². The van der Waals surface area contributed by atoms with Gasteiger partial charge in [-0.3, -0.25) is 15.1 Å². The second-order valence-electron chi connectivity index (χ2n) is 4.35. The number of carbonyl (C=O) groups excluding carboxylic acids is 1. The molecule has 2 N–H and O–H groups in total. The largest absolute Gasteiger partial charge is 0.384 e. The van der Waals surface area contributed by atoms with Crippen LogP contribution in [-0.2, 0) is 7.05 Å². The van der Waals surface area contributed by atoms with Crippen LogP contribution in [0.25, 0.3) is 0 Å². The number of anilines is 2. The molecule has 20 heavy (non-hydrogen) atoms. The van der Waals surface area contributed by atoms with Crippen LogP contribution in [0.5, 0.6) is 0 Å². The molecule has 0 bridgehead atoms. The van der Waals surface area contributed by atoms with Gasteiger partial charge in [-0.25, -0.2) is 0 Å². The van der Waals surface area contributed by atoms with Crippen molar-refractivity contribution in [2.45, 2.75) is 20.3 Å². The number of nitrogens with one attached hydrogen (secondary N) is 2. The predicted molar refractivity (Wildman–Crippen MR) is 74.5 cm³/mol. The van der Waals surface area contributed by atoms with Crippen molar-refractivity contribution in [3.05, 3.63) is 23.5 Å². The molecule has 106 valence electrons. The molecule has 2 aromatic heterocycles. The number of rotatable bonds is 5. The molecule has 0 aliphatic carbocycles. The quantitative estimate of drug-likeness (QED) is 0.844. The van der Waals surface area contributed by atoms with E-state index in [1.807, 2.05) is 13.0 Å². The lowest BCUT2D eigenvalue weighted by Crippen LogP contribution is -2.17. The van der Waals surface area contributed by atoms with Crippen LogP contribution < -0.4 is 10.6 Å². The number of carbonyl (C=O) groups is 1. The third-order valence-electron chi connectivity index (χ3n) is 2.58. The molecule has 0 radical (unpaired) electrons. The Labute approximate surface area is 116 Å². The number of hydrogen-bond donors (Lipinski definition) is 2. The van der Waals surface area contributed by atoms with Crippen molar-refractivity contribution in [3.63, 3.8) is 0 Å². The minimum atomic E-state index is -0.316. The third kappa shape index (κ3) is 3.28. The Hall–Kier alpha value is -2.51. The van der Waals surface area contributed by atoms with Gasteiger partial charge < -0.3 is 5.32 Å². The van der Waals surface area contributed by atoms with Crippen LogP contribution in [0.3, 0.4) is 0 Å². The summed E-state index contributed by atoms with van der Waals surface area (Å²) >= 11 is 0. The number of tetrazole rings is 1. The summed E-state index contributed by atoms with van der Waals surface area (Å²) in [7, 11) is 1.63. The summed E-state index contributed by atoms with van der Waals surface area (Å²) < 4.78 is 0. The van der Waals surface area contributed by atoms with Crippen LogP contribution in [0.4, 0.5) is 11.6 Å². The fourth-order valence-electron chi connectivity index (χ4n) is 1.65. The van der Waals surface area contributed by atoms with Crippen molar-refractivity contribution in [1.29, 1.82) is 0 Å². The average Bonchev–Trinajstić information content (AvgIpc) is 2.81. The van der Waals surface area contributed by atoms with E-state index in [1.54, 1.807) is 13.2 Å². The van der Waals surface area contributed by atoms with Gasteiger partial charge in [-0.1, -0.05) is 12.0 Å². The van der Waals surface area contributed by atoms with Crippen molar-refractivity contribution in [2.75, 3.05) is 17.2 Å². The second-order valence-corrected chi connectivity index (χ2v) is 4.35. The van der Waals surface area contributed by atoms with E-state index in [1.165, 1.54) is 4.80 Å². The highest BCUT2D eigenvalue weighted by molar-refractivity contribution is 6.07. The van der Waals surface area contributed by atoms with Gasteiger partial charge in [0.05, 0.1) is 18.3 Å². The number of nitrogens with zero attached hydrogens (tertiary/aromatic N) is 5. The first-order valence-electron chi connectivity index (χ1n) is 6.36. The Bertz CT molecular complexity index is 608. The molecule has 8 heteroatoms. The summed E-state index contributed by atoms with van der Waals surface area (Å²) in [5.41, 5.74) is 2.05. The van der Waals surface area contributed by atoms with Crippen molar-refractivity contribution < 1.29 is 4.79 Å². The molecule has 0 atom stereocenters. The maximum absolute atomic E-state index is 12.2. The summed E-state index contributed by atoms with van der Waals surface area (Å²) in [6, 6.07) is 1.84. The minimum Gasteiger partial charge on any atom is -0.384 e. The molecule has 0 saturated heterocycles. The standard InChI is InChI=1S/C12H17N7O/c1-4-5-13-10-6-8(2)14-7-9(10)11(20)15-12-16-18-19(3)17-12/h6-7H,4-5H2,1-3H3,(H,13,14)(H,15,17,20). The first-order valence-corrected chi connectivity index (χ1v) is 6.36. The van der Waals surface area contributed by atoms with E-state index in [-0.39, 0.29) is 11.9 Å². The van der Waals surface area contributed by atoms with Gasteiger partial charge in [0.2, 0.25) is 0 Å². The van der Waals surface area contributed by atoms with E-state index in [4.69, 9.17) is 0 Å². The van der Waals surface area contributed by atoms with E-state index in [0.717, 1.165) is 24.3 Å². The molecule has 0 unspecified atom stereocenters. The van der Waals surface area contributed by atoms with Gasteiger partial charge in [0, 0.05) is 18.4 Å². The zero-order valence-corrected chi connectivity index (χ0v) is 11.7. The van der Waals surface area contributed by atoms with Crippen molar-refractivity contribution in [1.82, 2.24) is 25.2 Å². The van der Waals surface area contributed by atoms with E-state index in [2.05, 4.69) is 38.0 Å². The highest BCUT2D eigenvalue weighted by Crippen LogP contribution is 2.16. The lowest BCUT2D eigenvalue weighted by molar-refractivity contribution is 0.102. The fraction of sp³-hybridized carbons (Fsp3) is 0.417. The van der Waals surface area contributed by atoms with E-state index < -0.39 is 0 Å². The van der Waals surface area contributed by atoms with Crippen LogP contribution in [0, 0.1) is 6.92 Å². The summed E-state index contributed by atoms with van der Waals surface area (Å²) in [5.74, 6) is -0.149. The number of amides is 1. The monoisotopic (exact) mass is 275 g/mol. The smallest absolute Gasteiger partial charge is 0.270 e. The normalized spacial score (nSPS) is 10.3. The first-order chi connectivity index (χ1) is 9.60. The van der Waals surface area contributed by atoms with Gasteiger partial charge in [-0.2, -0.15) is 4.80 Å². The number of aryl methyl sites for hydroxylation is 2. The molecule has 2 rings (SSSR count). The number of hydrogen-bond acceptors (Lipinski definition) is 6. The molecule has 0 spiro atoms. The predicted octanol–water partition coefficient (Wildman–Crippen LogP) is 0.988. The molecule has 2 aromatic rings. The van der Waals surface area contributed by atoms with Crippen molar-refractivity contribution >= 4 is 17.5 Å². The lowest BCUT2D eigenvalue weighted by Gasteiger charge is -2.10. The van der Waals surface area contributed by atoms with Crippen LogP contribution in [0.2, 0.25) is 0 Å². The maximum Gasteiger partial charge on any atom is 0.270 e. The highest BCUT2D eigenvalue weighted by Gasteiger charge is 2.14. The Balaban J connectivity index is 2.19. The maximum atomic E-state index is 12.2. The Kier molecular flexibility index (Phi) is 4.24. The molecule has 0 aliphatic rings. The van der Waals surface area contributed by atoms with Crippen molar-refractivity contribution in [3.8, 4) is 0 Å². The zero-order chi connectivity index (χ0) is 14.5. The summed E-state index contributed by atoms with van der Waals surface area (Å²) in [4.78, 5) is 17.6. The number of pyridine rings is 1. The SMILES string of the molecule is CCCNc1cc(C)ncc1C(=O)Nc1nnn(C)n1. The second kappa shape index (κ2) is 6.09. The van der Waals surface area contributed by atoms with Gasteiger partial charge in [0.25, 0.3) is 11.9 Å². The summed E-state index contributed by atoms with van der Waals surface area (Å²) in [5, 5.41) is 17.1. The molecular weight excluding hydrogens is 258 g/mol. The highest BCUT2D eigenvalue weighted by atomic mass is 16.1. The topological polar surface area (TPSA) is 97.6 Å². The van der Waals surface area contributed by atoms with E-state index >= 15 is 0 Å². The van der Waals surface area contributed by atoms with E-state index in [0.29, 0.717) is 5.56 Å². The Morgan fingerprint density at radius 1 is 1.45 bits per heavy atom. The molecule has 1 amide bonds. The van der Waals surface area contributed by atoms with Crippen molar-refractivity contribution in [2.24, 2.45) is 7.05 Å². The average molecular weight is 275 g/mol. The van der Waals surface area contributed by atoms with E-state index in [9.17, 15) is 4.79 Å². The zero-order valence-electron chi connectivity index (χ0n) is 11.7. The lowest BCUT2D eigenvalue weighted by atomic mass is 10.2. The van der Waals surface area contributed by atoms with Gasteiger partial charge in [0.15, 0.2) is 0 Å². The Morgan fingerprint density at radius 2 is 2.25 bits per heavy atom. The molecule has 0 aromatic carbocycles. The summed E-state index contributed by atoms with van der Waals surface area (Å²) in [6.45, 7) is 4.72. The minimum absolute atomic E-state index is 0.166. The molecule has 0 aliphatic heterocycles. The van der Waals surface area contributed by atoms with Crippen LogP contribution in [0.15, 0.2) is 12.3 Å². The van der Waals surface area contributed by atoms with Gasteiger partial charge in [0.1, 0.15) is 0 Å². The Morgan fingerprint density at radius 3 is 2.90 bits per heavy atom. The first kappa shape index (κ1) is 13.9. The van der Waals surface area contributed by atoms with Crippen LogP contribution in [0.1, 0.15) is 29.4 Å². The van der Waals surface area contributed by atoms with Gasteiger partial charge in [-0.15, -0.1) is 5.10 Å².